The van der Waals surface area contributed by atoms with Gasteiger partial charge in [-0.2, -0.15) is 0 Å². The molecule has 3 nitrogen and oxygen atoms in total. The molecule has 4 heteroatoms. The largest absolute Gasteiger partial charge is 0.454 e. The number of furan rings is 1. The van der Waals surface area contributed by atoms with E-state index in [9.17, 15) is 0 Å². The molecule has 0 aliphatic heterocycles. The van der Waals surface area contributed by atoms with Crippen molar-refractivity contribution in [2.24, 2.45) is 0 Å². The van der Waals surface area contributed by atoms with Crippen molar-refractivity contribution in [1.29, 1.82) is 0 Å². The Hall–Kier alpha value is -7.40. The first-order chi connectivity index (χ1) is 28.8. The van der Waals surface area contributed by atoms with Gasteiger partial charge in [-0.15, -0.1) is 11.3 Å². The Morgan fingerprint density at radius 3 is 1.74 bits per heavy atom. The lowest BCUT2D eigenvalue weighted by Crippen LogP contribution is -2.10. The van der Waals surface area contributed by atoms with E-state index < -0.39 is 0 Å². The molecule has 0 radical (unpaired) electrons. The number of anilines is 3. The number of rotatable bonds is 6. The molecule has 0 aliphatic carbocycles. The van der Waals surface area contributed by atoms with Gasteiger partial charge in [0, 0.05) is 58.7 Å². The number of aromatic nitrogens is 1. The summed E-state index contributed by atoms with van der Waals surface area (Å²) >= 11 is 1.84. The Kier molecular flexibility index (Phi) is 7.40. The number of para-hydroxylation sites is 5. The van der Waals surface area contributed by atoms with Gasteiger partial charge in [0.15, 0.2) is 5.58 Å². The van der Waals surface area contributed by atoms with Crippen LogP contribution in [-0.2, 0) is 0 Å². The molecule has 0 saturated heterocycles. The van der Waals surface area contributed by atoms with E-state index in [-0.39, 0.29) is 0 Å². The predicted octanol–water partition coefficient (Wildman–Crippen LogP) is 15.9. The molecule has 9 aromatic carbocycles. The molecule has 0 unspecified atom stereocenters. The minimum atomic E-state index is 0.876. The molecule has 272 valence electrons. The van der Waals surface area contributed by atoms with Gasteiger partial charge < -0.3 is 13.9 Å². The zero-order valence-electron chi connectivity index (χ0n) is 31.3. The Labute approximate surface area is 338 Å². The summed E-state index contributed by atoms with van der Waals surface area (Å²) in [6.07, 6.45) is 0. The molecule has 3 heterocycles. The van der Waals surface area contributed by atoms with E-state index >= 15 is 0 Å². The zero-order valence-corrected chi connectivity index (χ0v) is 32.2. The highest BCUT2D eigenvalue weighted by Gasteiger charge is 2.21. The second-order valence-corrected chi connectivity index (χ2v) is 16.0. The summed E-state index contributed by atoms with van der Waals surface area (Å²) in [6, 6.07) is 74.3. The average Bonchev–Trinajstić information content (AvgIpc) is 3.97. The number of benzene rings is 9. The lowest BCUT2D eigenvalue weighted by atomic mass is 9.98. The molecule has 0 N–H and O–H groups in total. The van der Waals surface area contributed by atoms with Crippen LogP contribution >= 0.6 is 11.3 Å². The van der Waals surface area contributed by atoms with Crippen LogP contribution in [-0.4, -0.2) is 4.57 Å². The molecule has 0 saturated carbocycles. The summed E-state index contributed by atoms with van der Waals surface area (Å²) in [5.41, 5.74) is 13.2. The molecule has 12 rings (SSSR count). The molecule has 0 atom stereocenters. The summed E-state index contributed by atoms with van der Waals surface area (Å²) in [5, 5.41) is 7.34. The van der Waals surface area contributed by atoms with E-state index in [1.54, 1.807) is 0 Å². The van der Waals surface area contributed by atoms with Gasteiger partial charge in [0.25, 0.3) is 0 Å². The second-order valence-electron chi connectivity index (χ2n) is 14.9. The van der Waals surface area contributed by atoms with Crippen LogP contribution in [0.4, 0.5) is 17.1 Å². The molecule has 3 aromatic heterocycles. The lowest BCUT2D eigenvalue weighted by Gasteiger charge is -2.26. The van der Waals surface area contributed by atoms with Gasteiger partial charge in [-0.05, 0) is 77.4 Å². The third-order valence-electron chi connectivity index (χ3n) is 11.6. The third kappa shape index (κ3) is 5.12. The smallest absolute Gasteiger partial charge is 0.159 e. The van der Waals surface area contributed by atoms with Crippen molar-refractivity contribution in [3.63, 3.8) is 0 Å². The van der Waals surface area contributed by atoms with Crippen LogP contribution in [0, 0.1) is 0 Å². The van der Waals surface area contributed by atoms with Crippen LogP contribution in [0.3, 0.4) is 0 Å². The van der Waals surface area contributed by atoms with Crippen LogP contribution in [0.25, 0.3) is 91.9 Å². The number of fused-ring (bicyclic) bond motifs is 9. The molecule has 12 aromatic rings. The second kappa shape index (κ2) is 13.1. The average molecular weight is 759 g/mol. The molecule has 0 aliphatic rings. The molecule has 0 amide bonds. The van der Waals surface area contributed by atoms with Gasteiger partial charge in [-0.25, -0.2) is 0 Å². The highest BCUT2D eigenvalue weighted by atomic mass is 32.1. The molecule has 0 spiro atoms. The topological polar surface area (TPSA) is 21.3 Å². The van der Waals surface area contributed by atoms with E-state index in [4.69, 9.17) is 4.42 Å². The van der Waals surface area contributed by atoms with Crippen LogP contribution in [0.2, 0.25) is 0 Å². The van der Waals surface area contributed by atoms with E-state index in [0.29, 0.717) is 0 Å². The molecule has 0 bridgehead atoms. The quantitative estimate of drug-likeness (QED) is 0.168. The van der Waals surface area contributed by atoms with Crippen LogP contribution in [0.15, 0.2) is 211 Å². The summed E-state index contributed by atoms with van der Waals surface area (Å²) in [4.78, 5) is 2.34. The SMILES string of the molecule is c1ccc(-n2c3ccccc3c3ccccc32)c(-c2ccc(-c3ccc(N(c4ccc5c(c4)sc4ccccc45)c4cccc5c4oc4ccccc45)cc3)cc2)c1. The van der Waals surface area contributed by atoms with E-state index in [2.05, 4.69) is 210 Å². The summed E-state index contributed by atoms with van der Waals surface area (Å²) in [5.74, 6) is 0. The highest BCUT2D eigenvalue weighted by Crippen LogP contribution is 2.45. The maximum atomic E-state index is 6.62. The Bertz CT molecular complexity index is 3460. The highest BCUT2D eigenvalue weighted by molar-refractivity contribution is 7.25. The van der Waals surface area contributed by atoms with Gasteiger partial charge in [0.05, 0.1) is 22.4 Å². The van der Waals surface area contributed by atoms with Gasteiger partial charge >= 0.3 is 0 Å². The van der Waals surface area contributed by atoms with Gasteiger partial charge in [-0.3, -0.25) is 0 Å². The van der Waals surface area contributed by atoms with Crippen molar-refractivity contribution in [2.75, 3.05) is 4.90 Å². The lowest BCUT2D eigenvalue weighted by molar-refractivity contribution is 0.669. The van der Waals surface area contributed by atoms with Crippen molar-refractivity contribution in [3.8, 4) is 27.9 Å². The van der Waals surface area contributed by atoms with Crippen molar-refractivity contribution >= 4 is 92.3 Å². The van der Waals surface area contributed by atoms with Crippen molar-refractivity contribution < 1.29 is 4.42 Å². The Balaban J connectivity index is 0.941. The number of hydrogen-bond donors (Lipinski definition) is 0. The normalized spacial score (nSPS) is 11.8. The predicted molar refractivity (Wildman–Crippen MR) is 247 cm³/mol. The zero-order chi connectivity index (χ0) is 38.2. The monoisotopic (exact) mass is 758 g/mol. The molecule has 58 heavy (non-hydrogen) atoms. The third-order valence-corrected chi connectivity index (χ3v) is 12.8. The fourth-order valence-corrected chi connectivity index (χ4v) is 10.1. The minimum Gasteiger partial charge on any atom is -0.454 e. The fourth-order valence-electron chi connectivity index (χ4n) is 8.93. The summed E-state index contributed by atoms with van der Waals surface area (Å²) < 4.78 is 11.6. The van der Waals surface area contributed by atoms with Crippen molar-refractivity contribution in [1.82, 2.24) is 4.57 Å². The van der Waals surface area contributed by atoms with Gasteiger partial charge in [0.1, 0.15) is 5.58 Å². The van der Waals surface area contributed by atoms with Crippen LogP contribution in [0.1, 0.15) is 0 Å². The standard InChI is InChI=1S/C54H34N2OS/c1-6-18-47(56-48-19-7-2-13-41(48)42-14-3-8-20-49(42)56)40(12-1)37-26-24-35(25-27-37)36-28-30-38(31-29-36)55(39-32-33-45-44-16-5-10-23-52(44)58-53(45)34-39)50-21-11-17-46-43-15-4-9-22-51(43)57-54(46)50/h1-34H. The first kappa shape index (κ1) is 32.8. The summed E-state index contributed by atoms with van der Waals surface area (Å²) in [6.45, 7) is 0. The van der Waals surface area contributed by atoms with Crippen LogP contribution < -0.4 is 4.90 Å². The summed E-state index contributed by atoms with van der Waals surface area (Å²) in [7, 11) is 0. The minimum absolute atomic E-state index is 0.876. The van der Waals surface area contributed by atoms with Crippen LogP contribution in [0.5, 0.6) is 0 Å². The maximum Gasteiger partial charge on any atom is 0.159 e. The number of hydrogen-bond acceptors (Lipinski definition) is 3. The van der Waals surface area contributed by atoms with E-state index in [1.807, 2.05) is 17.4 Å². The Morgan fingerprint density at radius 1 is 0.397 bits per heavy atom. The Morgan fingerprint density at radius 2 is 0.966 bits per heavy atom. The van der Waals surface area contributed by atoms with E-state index in [1.165, 1.54) is 64.4 Å². The fraction of sp³-hybridized carbons (Fsp3) is 0. The molecular formula is C54H34N2OS. The maximum absolute atomic E-state index is 6.62. The molecular weight excluding hydrogens is 725 g/mol. The first-order valence-corrected chi connectivity index (χ1v) is 20.5. The van der Waals surface area contributed by atoms with Gasteiger partial charge in [-0.1, -0.05) is 146 Å². The first-order valence-electron chi connectivity index (χ1n) is 19.7. The van der Waals surface area contributed by atoms with Gasteiger partial charge in [0.2, 0.25) is 0 Å². The van der Waals surface area contributed by atoms with Crippen molar-refractivity contribution in [2.45, 2.75) is 0 Å². The molecule has 0 fully saturated rings. The number of thiophene rings is 1. The number of nitrogens with zero attached hydrogens (tertiary/aromatic N) is 2. The van der Waals surface area contributed by atoms with Crippen molar-refractivity contribution in [3.05, 3.63) is 206 Å². The van der Waals surface area contributed by atoms with E-state index in [0.717, 1.165) is 44.6 Å².